The van der Waals surface area contributed by atoms with Crippen molar-refractivity contribution < 1.29 is 17.9 Å². The lowest BCUT2D eigenvalue weighted by Gasteiger charge is -2.29. The Bertz CT molecular complexity index is 1810. The highest BCUT2D eigenvalue weighted by atomic mass is 32.2. The van der Waals surface area contributed by atoms with Gasteiger partial charge in [0.1, 0.15) is 29.1 Å². The van der Waals surface area contributed by atoms with Crippen LogP contribution < -0.4 is 4.90 Å². The number of hydrogen-bond donors (Lipinski definition) is 0. The zero-order valence-corrected chi connectivity index (χ0v) is 30.7. The van der Waals surface area contributed by atoms with Gasteiger partial charge in [-0.15, -0.1) is 0 Å². The van der Waals surface area contributed by atoms with Crippen LogP contribution in [0.4, 0.5) is 11.5 Å². The van der Waals surface area contributed by atoms with Crippen molar-refractivity contribution in [2.45, 2.75) is 70.1 Å². The van der Waals surface area contributed by atoms with Crippen molar-refractivity contribution in [2.24, 2.45) is 0 Å². The largest absolute Gasteiger partial charge is 0.361 e. The van der Waals surface area contributed by atoms with Crippen molar-refractivity contribution in [2.75, 3.05) is 43.1 Å². The van der Waals surface area contributed by atoms with E-state index < -0.39 is 26.0 Å². The van der Waals surface area contributed by atoms with E-state index in [1.165, 1.54) is 0 Å². The molecule has 3 aromatic heterocycles. The number of ether oxygens (including phenoxy) is 2. The van der Waals surface area contributed by atoms with E-state index in [9.17, 15) is 8.42 Å². The molecule has 13 heteroatoms. The number of benzene rings is 1. The van der Waals surface area contributed by atoms with Crippen LogP contribution in [0.3, 0.4) is 0 Å². The molecule has 0 saturated carbocycles. The zero-order valence-electron chi connectivity index (χ0n) is 27.9. The second kappa shape index (κ2) is 13.9. The maximum Gasteiger partial charge on any atom is 0.249 e. The molecule has 0 aliphatic carbocycles. The monoisotopic (exact) mass is 678 g/mol. The van der Waals surface area contributed by atoms with E-state index >= 15 is 0 Å². The lowest BCUT2D eigenvalue weighted by molar-refractivity contribution is 0.0944. The lowest BCUT2D eigenvalue weighted by atomic mass is 9.96. The summed E-state index contributed by atoms with van der Waals surface area (Å²) in [7, 11) is -5.74. The number of rotatable bonds is 13. The second-order valence-electron chi connectivity index (χ2n) is 14.7. The van der Waals surface area contributed by atoms with Crippen LogP contribution in [0.25, 0.3) is 32.5 Å². The normalized spacial score (nSPS) is 15.8. The maximum atomic E-state index is 12.4. The van der Waals surface area contributed by atoms with E-state index in [1.807, 2.05) is 35.4 Å². The van der Waals surface area contributed by atoms with Gasteiger partial charge in [-0.25, -0.2) is 22.8 Å². The molecule has 1 aromatic carbocycles. The van der Waals surface area contributed by atoms with Crippen molar-refractivity contribution in [3.8, 4) is 11.1 Å². The Morgan fingerprint density at radius 3 is 2.22 bits per heavy atom. The van der Waals surface area contributed by atoms with E-state index in [1.54, 1.807) is 10.7 Å². The Morgan fingerprint density at radius 1 is 0.978 bits per heavy atom. The van der Waals surface area contributed by atoms with Crippen LogP contribution >= 0.6 is 0 Å². The van der Waals surface area contributed by atoms with Crippen molar-refractivity contribution in [1.29, 1.82) is 0 Å². The molecule has 4 aromatic rings. The second-order valence-corrected chi connectivity index (χ2v) is 28.2. The Hall–Kier alpha value is -3.16. The molecule has 0 atom stereocenters. The van der Waals surface area contributed by atoms with Crippen LogP contribution in [-0.2, 0) is 19.3 Å². The summed E-state index contributed by atoms with van der Waals surface area (Å²) in [6.45, 7) is 24.0. The summed E-state index contributed by atoms with van der Waals surface area (Å²) in [6, 6.07) is 12.1. The van der Waals surface area contributed by atoms with Crippen LogP contribution in [0.1, 0.15) is 24.5 Å². The van der Waals surface area contributed by atoms with E-state index in [4.69, 9.17) is 26.1 Å². The van der Waals surface area contributed by atoms with E-state index in [0.717, 1.165) is 34.1 Å². The number of nitrogens with zero attached hydrogens (tertiary/aromatic N) is 6. The highest BCUT2D eigenvalue weighted by Gasteiger charge is 2.32. The third kappa shape index (κ3) is 8.40. The molecule has 0 N–H and O–H groups in total. The Morgan fingerprint density at radius 2 is 1.61 bits per heavy atom. The first kappa shape index (κ1) is 34.2. The predicted molar refractivity (Wildman–Crippen MR) is 191 cm³/mol. The van der Waals surface area contributed by atoms with Crippen molar-refractivity contribution in [1.82, 2.24) is 19.6 Å². The molecule has 246 valence electrons. The third-order valence-corrected chi connectivity index (χ3v) is 13.5. The molecule has 4 heterocycles. The van der Waals surface area contributed by atoms with E-state index in [2.05, 4.69) is 55.2 Å². The minimum absolute atomic E-state index is 0.0847. The summed E-state index contributed by atoms with van der Waals surface area (Å²) in [6.07, 6.45) is 4.45. The first-order valence-electron chi connectivity index (χ1n) is 16.0. The van der Waals surface area contributed by atoms with Crippen LogP contribution in [0.5, 0.6) is 0 Å². The first-order valence-corrected chi connectivity index (χ1v) is 25.2. The van der Waals surface area contributed by atoms with Crippen LogP contribution in [0, 0.1) is 6.57 Å². The molecule has 1 fully saturated rings. The molecule has 0 spiro atoms. The summed E-state index contributed by atoms with van der Waals surface area (Å²) < 4.78 is 39.0. The van der Waals surface area contributed by atoms with E-state index in [-0.39, 0.29) is 30.9 Å². The lowest BCUT2D eigenvalue weighted by Crippen LogP contribution is -2.33. The topological polar surface area (TPSA) is 103 Å². The van der Waals surface area contributed by atoms with Gasteiger partial charge in [0.25, 0.3) is 0 Å². The SMILES string of the molecule is [C-]#[N+]c1c(C2CCS(=O)(=O)CC2)nc2c(-c3cnc4ccccc4c3)cnn2c1N(COCC[Si](C)(C)C)COCC[Si](C)(C)C. The molecule has 46 heavy (non-hydrogen) atoms. The number of para-hydroxylation sites is 1. The van der Waals surface area contributed by atoms with Crippen LogP contribution in [-0.4, -0.2) is 82.3 Å². The molecule has 1 aliphatic heterocycles. The van der Waals surface area contributed by atoms with Crippen LogP contribution in [0.15, 0.2) is 42.7 Å². The molecular weight excluding hydrogens is 633 g/mol. The Kier molecular flexibility index (Phi) is 10.3. The number of sulfone groups is 1. The highest BCUT2D eigenvalue weighted by molar-refractivity contribution is 7.91. The molecular formula is C33H46N6O4SSi2. The average molecular weight is 679 g/mol. The van der Waals surface area contributed by atoms with E-state index in [0.29, 0.717) is 48.9 Å². The smallest absolute Gasteiger partial charge is 0.249 e. The van der Waals surface area contributed by atoms with Gasteiger partial charge in [0.15, 0.2) is 5.65 Å². The highest BCUT2D eigenvalue weighted by Crippen LogP contribution is 2.42. The molecule has 0 bridgehead atoms. The summed E-state index contributed by atoms with van der Waals surface area (Å²) in [5, 5.41) is 5.80. The molecule has 10 nitrogen and oxygen atoms in total. The number of hydrogen-bond acceptors (Lipinski definition) is 8. The summed E-state index contributed by atoms with van der Waals surface area (Å²) in [5.41, 5.74) is 4.12. The molecule has 1 aliphatic rings. The van der Waals surface area contributed by atoms with Gasteiger partial charge >= 0.3 is 0 Å². The van der Waals surface area contributed by atoms with Gasteiger partial charge in [0, 0.05) is 52.1 Å². The predicted octanol–water partition coefficient (Wildman–Crippen LogP) is 7.22. The third-order valence-electron chi connectivity index (χ3n) is 8.37. The Balaban J connectivity index is 1.63. The van der Waals surface area contributed by atoms with Gasteiger partial charge in [0.2, 0.25) is 5.69 Å². The summed E-state index contributed by atoms with van der Waals surface area (Å²) >= 11 is 0. The van der Waals surface area contributed by atoms with Gasteiger partial charge in [-0.3, -0.25) is 4.98 Å². The standard InChI is InChI=1S/C33H46N6O4SSi2/c1-34-31-30(25-12-16-44(40,41)17-13-25)37-32-28(27-20-26-10-8-9-11-29(26)35-21-27)22-36-39(32)33(31)38(23-42-14-18-45(2,3)4)24-43-15-19-46(5,6)7/h8-11,20-22,25H,12-19,23-24H2,2-7H3. The molecule has 0 radical (unpaired) electrons. The summed E-state index contributed by atoms with van der Waals surface area (Å²) in [4.78, 5) is 15.8. The van der Waals surface area contributed by atoms with Gasteiger partial charge < -0.3 is 14.4 Å². The Labute approximate surface area is 274 Å². The fourth-order valence-electron chi connectivity index (χ4n) is 5.51. The van der Waals surface area contributed by atoms with Gasteiger partial charge in [-0.1, -0.05) is 57.5 Å². The molecule has 1 saturated heterocycles. The van der Waals surface area contributed by atoms with Crippen molar-refractivity contribution in [3.63, 3.8) is 0 Å². The number of aromatic nitrogens is 4. The number of pyridine rings is 1. The maximum absolute atomic E-state index is 12.4. The fraction of sp³-hybridized carbons (Fsp3) is 0.515. The minimum Gasteiger partial charge on any atom is -0.361 e. The zero-order chi connectivity index (χ0) is 33.1. The quantitative estimate of drug-likeness (QED) is 0.0632. The summed E-state index contributed by atoms with van der Waals surface area (Å²) in [5.74, 6) is 0.559. The average Bonchev–Trinajstić information content (AvgIpc) is 3.42. The fourth-order valence-corrected chi connectivity index (χ4v) is 8.52. The number of fused-ring (bicyclic) bond motifs is 2. The molecule has 0 amide bonds. The molecule has 0 unspecified atom stereocenters. The minimum atomic E-state index is -3.10. The van der Waals surface area contributed by atoms with Crippen LogP contribution in [0.2, 0.25) is 51.4 Å². The van der Waals surface area contributed by atoms with Gasteiger partial charge in [-0.05, 0) is 43.0 Å². The number of anilines is 1. The van der Waals surface area contributed by atoms with Gasteiger partial charge in [-0.2, -0.15) is 5.10 Å². The van der Waals surface area contributed by atoms with Crippen molar-refractivity contribution in [3.05, 3.63) is 59.8 Å². The van der Waals surface area contributed by atoms with Gasteiger partial charge in [0.05, 0.1) is 35.5 Å². The molecule has 5 rings (SSSR count). The van der Waals surface area contributed by atoms with Crippen molar-refractivity contribution >= 4 is 54.0 Å². The first-order chi connectivity index (χ1) is 21.7.